The molecule has 0 aliphatic rings. The van der Waals surface area contributed by atoms with Crippen LogP contribution in [-0.2, 0) is 4.84 Å². The summed E-state index contributed by atoms with van der Waals surface area (Å²) in [5, 5.41) is 3.73. The maximum Gasteiger partial charge on any atom is 0.129 e. The van der Waals surface area contributed by atoms with Crippen molar-refractivity contribution in [3.05, 3.63) is 0 Å². The second-order valence-corrected chi connectivity index (χ2v) is 3.07. The predicted octanol–water partition coefficient (Wildman–Crippen LogP) is 1.14. The molecule has 3 heteroatoms. The largest absolute Gasteiger partial charge is 0.390 e. The van der Waals surface area contributed by atoms with Gasteiger partial charge in [-0.05, 0) is 33.7 Å². The van der Waals surface area contributed by atoms with E-state index in [0.717, 1.165) is 6.42 Å². The molecule has 2 N–H and O–H groups in total. The second-order valence-electron chi connectivity index (χ2n) is 3.07. The van der Waals surface area contributed by atoms with Crippen LogP contribution in [0.15, 0.2) is 5.16 Å². The van der Waals surface area contributed by atoms with E-state index in [2.05, 4.69) is 5.16 Å². The average molecular weight is 144 g/mol. The molecule has 0 atom stereocenters. The summed E-state index contributed by atoms with van der Waals surface area (Å²) in [5.41, 5.74) is 5.04. The Morgan fingerprint density at radius 1 is 1.50 bits per heavy atom. The minimum atomic E-state index is -0.189. The molecule has 0 radical (unpaired) electrons. The van der Waals surface area contributed by atoms with Crippen LogP contribution in [0.2, 0.25) is 0 Å². The molecule has 0 aliphatic heterocycles. The Hall–Kier alpha value is -0.570. The molecule has 0 unspecified atom stereocenters. The molecule has 0 aromatic carbocycles. The van der Waals surface area contributed by atoms with E-state index in [1.165, 1.54) is 0 Å². The van der Waals surface area contributed by atoms with E-state index in [0.29, 0.717) is 6.54 Å². The van der Waals surface area contributed by atoms with Crippen molar-refractivity contribution in [1.29, 1.82) is 0 Å². The SMILES string of the molecule is CC(C)(C)O/N=C/CCN. The molecular weight excluding hydrogens is 128 g/mol. The van der Waals surface area contributed by atoms with Crippen LogP contribution in [0, 0.1) is 0 Å². The van der Waals surface area contributed by atoms with Crippen LogP contribution in [0.5, 0.6) is 0 Å². The first-order chi connectivity index (χ1) is 4.56. The highest BCUT2D eigenvalue weighted by atomic mass is 16.6. The summed E-state index contributed by atoms with van der Waals surface area (Å²) in [6.45, 7) is 6.48. The van der Waals surface area contributed by atoms with Crippen LogP contribution >= 0.6 is 0 Å². The fourth-order valence-corrected chi connectivity index (χ4v) is 0.323. The number of nitrogens with zero attached hydrogens (tertiary/aromatic N) is 1. The summed E-state index contributed by atoms with van der Waals surface area (Å²) in [6, 6.07) is 0. The van der Waals surface area contributed by atoms with Crippen molar-refractivity contribution in [2.45, 2.75) is 32.8 Å². The van der Waals surface area contributed by atoms with Crippen molar-refractivity contribution >= 4 is 6.21 Å². The Kier molecular flexibility index (Phi) is 4.03. The Balaban J connectivity index is 3.34. The minimum absolute atomic E-state index is 0.189. The van der Waals surface area contributed by atoms with Gasteiger partial charge in [0.15, 0.2) is 0 Å². The van der Waals surface area contributed by atoms with E-state index in [1.807, 2.05) is 20.8 Å². The molecule has 10 heavy (non-hydrogen) atoms. The molecule has 0 aromatic rings. The summed E-state index contributed by atoms with van der Waals surface area (Å²) in [7, 11) is 0. The lowest BCUT2D eigenvalue weighted by Gasteiger charge is -2.14. The average Bonchev–Trinajstić information content (AvgIpc) is 1.78. The van der Waals surface area contributed by atoms with Gasteiger partial charge in [0.05, 0.1) is 0 Å². The van der Waals surface area contributed by atoms with E-state index in [9.17, 15) is 0 Å². The molecule has 0 fully saturated rings. The van der Waals surface area contributed by atoms with Crippen molar-refractivity contribution in [3.63, 3.8) is 0 Å². The lowest BCUT2D eigenvalue weighted by Crippen LogP contribution is -2.15. The quantitative estimate of drug-likeness (QED) is 0.477. The van der Waals surface area contributed by atoms with Crippen molar-refractivity contribution in [1.82, 2.24) is 0 Å². The first kappa shape index (κ1) is 9.43. The Morgan fingerprint density at radius 3 is 2.50 bits per heavy atom. The number of hydrogen-bond acceptors (Lipinski definition) is 3. The summed E-state index contributed by atoms with van der Waals surface area (Å²) in [5.74, 6) is 0. The van der Waals surface area contributed by atoms with E-state index in [1.54, 1.807) is 6.21 Å². The van der Waals surface area contributed by atoms with Crippen LogP contribution in [0.4, 0.5) is 0 Å². The molecule has 3 nitrogen and oxygen atoms in total. The van der Waals surface area contributed by atoms with Gasteiger partial charge < -0.3 is 10.6 Å². The fraction of sp³-hybridized carbons (Fsp3) is 0.857. The highest BCUT2D eigenvalue weighted by Crippen LogP contribution is 2.05. The summed E-state index contributed by atoms with van der Waals surface area (Å²) >= 11 is 0. The topological polar surface area (TPSA) is 47.6 Å². The van der Waals surface area contributed by atoms with Crippen molar-refractivity contribution < 1.29 is 4.84 Å². The molecular formula is C7H16N2O. The Morgan fingerprint density at radius 2 is 2.10 bits per heavy atom. The Labute approximate surface area is 62.2 Å². The van der Waals surface area contributed by atoms with Crippen LogP contribution < -0.4 is 5.73 Å². The highest BCUT2D eigenvalue weighted by Gasteiger charge is 2.08. The normalized spacial score (nSPS) is 12.4. The summed E-state index contributed by atoms with van der Waals surface area (Å²) in [4.78, 5) is 5.05. The van der Waals surface area contributed by atoms with Crippen LogP contribution in [0.3, 0.4) is 0 Å². The molecule has 0 heterocycles. The smallest absolute Gasteiger partial charge is 0.129 e. The van der Waals surface area contributed by atoms with Gasteiger partial charge in [-0.3, -0.25) is 0 Å². The molecule has 0 amide bonds. The summed E-state index contributed by atoms with van der Waals surface area (Å²) < 4.78 is 0. The molecule has 0 saturated heterocycles. The van der Waals surface area contributed by atoms with Gasteiger partial charge in [0.2, 0.25) is 0 Å². The van der Waals surface area contributed by atoms with Gasteiger partial charge in [0.1, 0.15) is 5.60 Å². The van der Waals surface area contributed by atoms with E-state index in [4.69, 9.17) is 10.6 Å². The van der Waals surface area contributed by atoms with Crippen molar-refractivity contribution in [3.8, 4) is 0 Å². The number of oxime groups is 1. The molecule has 0 saturated carbocycles. The number of rotatable bonds is 3. The minimum Gasteiger partial charge on any atom is -0.390 e. The zero-order valence-corrected chi connectivity index (χ0v) is 6.92. The predicted molar refractivity (Wildman–Crippen MR) is 43.0 cm³/mol. The third-order valence-corrected chi connectivity index (χ3v) is 0.697. The zero-order valence-electron chi connectivity index (χ0n) is 6.92. The maximum absolute atomic E-state index is 5.23. The highest BCUT2D eigenvalue weighted by molar-refractivity contribution is 5.56. The van der Waals surface area contributed by atoms with Crippen molar-refractivity contribution in [2.75, 3.05) is 6.54 Å². The van der Waals surface area contributed by atoms with Gasteiger partial charge in [-0.15, -0.1) is 0 Å². The van der Waals surface area contributed by atoms with E-state index >= 15 is 0 Å². The van der Waals surface area contributed by atoms with Gasteiger partial charge in [0, 0.05) is 6.21 Å². The fourth-order valence-electron chi connectivity index (χ4n) is 0.323. The lowest BCUT2D eigenvalue weighted by molar-refractivity contribution is 0.00160. The third kappa shape index (κ3) is 7.43. The van der Waals surface area contributed by atoms with Gasteiger partial charge in [-0.25, -0.2) is 0 Å². The lowest BCUT2D eigenvalue weighted by atomic mass is 10.2. The maximum atomic E-state index is 5.23. The third-order valence-electron chi connectivity index (χ3n) is 0.697. The van der Waals surface area contributed by atoms with Crippen molar-refractivity contribution in [2.24, 2.45) is 10.9 Å². The monoisotopic (exact) mass is 144 g/mol. The molecule has 0 aliphatic carbocycles. The van der Waals surface area contributed by atoms with E-state index in [-0.39, 0.29) is 5.60 Å². The van der Waals surface area contributed by atoms with Gasteiger partial charge >= 0.3 is 0 Å². The first-order valence-electron chi connectivity index (χ1n) is 3.46. The zero-order chi connectivity index (χ0) is 8.04. The van der Waals surface area contributed by atoms with Gasteiger partial charge in [-0.2, -0.15) is 0 Å². The second kappa shape index (κ2) is 4.28. The standard InChI is InChI=1S/C7H16N2O/c1-7(2,3)10-9-6-4-5-8/h6H,4-5,8H2,1-3H3/b9-6+. The molecule has 0 rings (SSSR count). The van der Waals surface area contributed by atoms with Gasteiger partial charge in [0.25, 0.3) is 0 Å². The molecule has 60 valence electrons. The Bertz CT molecular complexity index is 105. The number of nitrogens with two attached hydrogens (primary N) is 1. The number of hydrogen-bond donors (Lipinski definition) is 1. The van der Waals surface area contributed by atoms with Gasteiger partial charge in [-0.1, -0.05) is 5.16 Å². The molecule has 0 bridgehead atoms. The molecule has 0 spiro atoms. The van der Waals surface area contributed by atoms with Crippen LogP contribution in [0.25, 0.3) is 0 Å². The summed E-state index contributed by atoms with van der Waals surface area (Å²) in [6.07, 6.45) is 2.46. The van der Waals surface area contributed by atoms with Crippen LogP contribution in [-0.4, -0.2) is 18.4 Å². The first-order valence-corrected chi connectivity index (χ1v) is 3.46. The molecule has 0 aromatic heterocycles. The van der Waals surface area contributed by atoms with E-state index < -0.39 is 0 Å². The van der Waals surface area contributed by atoms with Crippen LogP contribution in [0.1, 0.15) is 27.2 Å².